The van der Waals surface area contributed by atoms with E-state index in [2.05, 4.69) is 42.5 Å². The second kappa shape index (κ2) is 11.1. The van der Waals surface area contributed by atoms with E-state index in [1.54, 1.807) is 7.11 Å². The molecule has 1 heterocycles. The molecule has 0 aliphatic rings. The summed E-state index contributed by atoms with van der Waals surface area (Å²) in [6, 6.07) is 5.73. The first-order valence-corrected chi connectivity index (χ1v) is 10.2. The quantitative estimate of drug-likeness (QED) is 0.401. The minimum absolute atomic E-state index is 0.0163. The van der Waals surface area contributed by atoms with Crippen molar-refractivity contribution in [2.24, 2.45) is 17.6 Å². The lowest BCUT2D eigenvalue weighted by atomic mass is 9.83. The molecule has 0 saturated heterocycles. The van der Waals surface area contributed by atoms with E-state index in [0.29, 0.717) is 18.9 Å². The highest BCUT2D eigenvalue weighted by molar-refractivity contribution is 5.79. The van der Waals surface area contributed by atoms with Gasteiger partial charge >= 0.3 is 6.09 Å². The van der Waals surface area contributed by atoms with Crippen LogP contribution in [0.15, 0.2) is 24.4 Å². The van der Waals surface area contributed by atoms with Crippen LogP contribution in [-0.4, -0.2) is 58.5 Å². The van der Waals surface area contributed by atoms with Crippen LogP contribution in [-0.2, 0) is 17.7 Å². The molecule has 0 unspecified atom stereocenters. The zero-order chi connectivity index (χ0) is 21.4. The van der Waals surface area contributed by atoms with Crippen molar-refractivity contribution in [3.05, 3.63) is 30.0 Å². The van der Waals surface area contributed by atoms with Crippen LogP contribution < -0.4 is 11.1 Å². The van der Waals surface area contributed by atoms with Crippen LogP contribution >= 0.6 is 0 Å². The summed E-state index contributed by atoms with van der Waals surface area (Å²) in [5.74, 6) is 0.510. The molecule has 5 N–H and O–H groups in total. The lowest BCUT2D eigenvalue weighted by Crippen LogP contribution is -2.47. The molecule has 2 aromatic rings. The molecule has 1 amide bonds. The number of hydrogen-bond acceptors (Lipinski definition) is 5. The molecule has 29 heavy (non-hydrogen) atoms. The van der Waals surface area contributed by atoms with Gasteiger partial charge in [0.15, 0.2) is 0 Å². The van der Waals surface area contributed by atoms with Crippen LogP contribution in [0, 0.1) is 11.8 Å². The maximum Gasteiger partial charge on any atom is 0.404 e. The third-order valence-corrected chi connectivity index (χ3v) is 5.44. The standard InChI is InChI=1S/C21H34N4O4/c1-14(2)17(11-18(20(26)12-22)24-21(27)28)9-15-5-6-16-13-23-25(19(16)10-15)7-4-8-29-3/h5-6,10,13-14,17-18,20,24,26H,4,7-9,11-12,22H2,1-3H3,(H,27,28)/t17-,18-,20-/m0/s1. The molecule has 162 valence electrons. The van der Waals surface area contributed by atoms with Crippen LogP contribution in [0.5, 0.6) is 0 Å². The summed E-state index contributed by atoms with van der Waals surface area (Å²) in [5, 5.41) is 27.2. The number of methoxy groups -OCH3 is 1. The Labute approximate surface area is 172 Å². The number of carboxylic acid groups (broad SMARTS) is 1. The number of nitrogens with one attached hydrogen (secondary N) is 1. The van der Waals surface area contributed by atoms with Crippen molar-refractivity contribution in [1.82, 2.24) is 15.1 Å². The van der Waals surface area contributed by atoms with Gasteiger partial charge in [0.05, 0.1) is 23.9 Å². The summed E-state index contributed by atoms with van der Waals surface area (Å²) in [4.78, 5) is 11.1. The largest absolute Gasteiger partial charge is 0.465 e. The lowest BCUT2D eigenvalue weighted by Gasteiger charge is -2.29. The minimum atomic E-state index is -1.15. The van der Waals surface area contributed by atoms with Crippen molar-refractivity contribution < 1.29 is 19.7 Å². The third kappa shape index (κ3) is 6.69. The minimum Gasteiger partial charge on any atom is -0.465 e. The molecule has 0 radical (unpaired) electrons. The van der Waals surface area contributed by atoms with Gasteiger partial charge < -0.3 is 26.0 Å². The maximum absolute atomic E-state index is 11.1. The second-order valence-corrected chi connectivity index (χ2v) is 7.91. The van der Waals surface area contributed by atoms with E-state index in [0.717, 1.165) is 30.3 Å². The fourth-order valence-corrected chi connectivity index (χ4v) is 3.64. The first kappa shape index (κ1) is 23.1. The number of benzene rings is 1. The Kier molecular flexibility index (Phi) is 8.88. The van der Waals surface area contributed by atoms with Gasteiger partial charge in [0, 0.05) is 32.2 Å². The van der Waals surface area contributed by atoms with Crippen molar-refractivity contribution in [3.63, 3.8) is 0 Å². The summed E-state index contributed by atoms with van der Waals surface area (Å²) in [6.45, 7) is 5.73. The van der Waals surface area contributed by atoms with Gasteiger partial charge in [0.1, 0.15) is 0 Å². The topological polar surface area (TPSA) is 123 Å². The van der Waals surface area contributed by atoms with E-state index < -0.39 is 18.2 Å². The molecule has 1 aromatic carbocycles. The number of fused-ring (bicyclic) bond motifs is 1. The maximum atomic E-state index is 11.1. The van der Waals surface area contributed by atoms with E-state index in [9.17, 15) is 9.90 Å². The van der Waals surface area contributed by atoms with Crippen LogP contribution in [0.25, 0.3) is 10.9 Å². The Balaban J connectivity index is 2.17. The van der Waals surface area contributed by atoms with Crippen molar-refractivity contribution in [1.29, 1.82) is 0 Å². The Bertz CT molecular complexity index is 777. The fourth-order valence-electron chi connectivity index (χ4n) is 3.64. The first-order chi connectivity index (χ1) is 13.8. The Morgan fingerprint density at radius 2 is 2.14 bits per heavy atom. The highest BCUT2D eigenvalue weighted by atomic mass is 16.5. The summed E-state index contributed by atoms with van der Waals surface area (Å²) < 4.78 is 7.12. The number of aliphatic hydroxyl groups excluding tert-OH is 1. The number of nitrogens with two attached hydrogens (primary N) is 1. The number of hydrogen-bond donors (Lipinski definition) is 4. The molecule has 1 aromatic heterocycles. The average Bonchev–Trinajstić information content (AvgIpc) is 3.08. The van der Waals surface area contributed by atoms with Crippen molar-refractivity contribution in [3.8, 4) is 0 Å². The van der Waals surface area contributed by atoms with Crippen LogP contribution in [0.3, 0.4) is 0 Å². The average molecular weight is 407 g/mol. The number of aliphatic hydroxyl groups is 1. The molecule has 0 bridgehead atoms. The lowest BCUT2D eigenvalue weighted by molar-refractivity contribution is 0.108. The molecule has 3 atom stereocenters. The van der Waals surface area contributed by atoms with Gasteiger partial charge in [-0.05, 0) is 42.7 Å². The van der Waals surface area contributed by atoms with Crippen molar-refractivity contribution >= 4 is 17.0 Å². The van der Waals surface area contributed by atoms with Crippen molar-refractivity contribution in [2.75, 3.05) is 20.3 Å². The molecule has 0 saturated carbocycles. The number of rotatable bonds is 12. The van der Waals surface area contributed by atoms with Gasteiger partial charge in [-0.2, -0.15) is 5.10 Å². The van der Waals surface area contributed by atoms with Gasteiger partial charge in [0.2, 0.25) is 0 Å². The van der Waals surface area contributed by atoms with Crippen LogP contribution in [0.2, 0.25) is 0 Å². The van der Waals surface area contributed by atoms with Crippen molar-refractivity contribution in [2.45, 2.75) is 51.8 Å². The Hall–Kier alpha value is -2.16. The number of aromatic nitrogens is 2. The van der Waals surface area contributed by atoms with Gasteiger partial charge in [-0.25, -0.2) is 4.79 Å². The predicted molar refractivity (Wildman–Crippen MR) is 113 cm³/mol. The number of carbonyl (C=O) groups is 1. The van der Waals surface area contributed by atoms with Gasteiger partial charge in [0.25, 0.3) is 0 Å². The molecule has 2 rings (SSSR count). The van der Waals surface area contributed by atoms with E-state index in [4.69, 9.17) is 15.6 Å². The molecule has 8 heteroatoms. The summed E-state index contributed by atoms with van der Waals surface area (Å²) in [5.41, 5.74) is 7.82. The van der Waals surface area contributed by atoms with Gasteiger partial charge in [-0.1, -0.05) is 26.0 Å². The van der Waals surface area contributed by atoms with Gasteiger partial charge in [-0.3, -0.25) is 4.68 Å². The highest BCUT2D eigenvalue weighted by Gasteiger charge is 2.26. The van der Waals surface area contributed by atoms with Gasteiger partial charge in [-0.15, -0.1) is 0 Å². The Morgan fingerprint density at radius 3 is 2.76 bits per heavy atom. The molecule has 0 fully saturated rings. The normalized spacial score (nSPS) is 14.8. The van der Waals surface area contributed by atoms with Crippen LogP contribution in [0.1, 0.15) is 32.3 Å². The number of nitrogens with zero attached hydrogens (tertiary/aromatic N) is 2. The number of aryl methyl sites for hydroxylation is 1. The molecule has 8 nitrogen and oxygen atoms in total. The van der Waals surface area contributed by atoms with E-state index in [1.807, 2.05) is 10.9 Å². The zero-order valence-corrected chi connectivity index (χ0v) is 17.5. The molecule has 0 aliphatic heterocycles. The van der Waals surface area contributed by atoms with E-state index >= 15 is 0 Å². The SMILES string of the molecule is COCCCn1ncc2ccc(C[C@@H](C[C@H](NC(=O)O)[C@@H](O)CN)C(C)C)cc21. The molecule has 0 spiro atoms. The molecular formula is C21H34N4O4. The monoisotopic (exact) mass is 406 g/mol. The zero-order valence-electron chi connectivity index (χ0n) is 17.5. The first-order valence-electron chi connectivity index (χ1n) is 10.2. The smallest absolute Gasteiger partial charge is 0.404 e. The van der Waals surface area contributed by atoms with E-state index in [1.165, 1.54) is 5.56 Å². The second-order valence-electron chi connectivity index (χ2n) is 7.91. The van der Waals surface area contributed by atoms with E-state index in [-0.39, 0.29) is 12.5 Å². The third-order valence-electron chi connectivity index (χ3n) is 5.44. The highest BCUT2D eigenvalue weighted by Crippen LogP contribution is 2.25. The predicted octanol–water partition coefficient (Wildman–Crippen LogP) is 2.23. The Morgan fingerprint density at radius 1 is 1.38 bits per heavy atom. The number of amides is 1. The van der Waals surface area contributed by atoms with Crippen LogP contribution in [0.4, 0.5) is 4.79 Å². The summed E-state index contributed by atoms with van der Waals surface area (Å²) in [7, 11) is 1.69. The molecule has 0 aliphatic carbocycles. The fraction of sp³-hybridized carbons (Fsp3) is 0.619. The summed E-state index contributed by atoms with van der Waals surface area (Å²) in [6.07, 6.45) is 2.02. The molecular weight excluding hydrogens is 372 g/mol. The number of ether oxygens (including phenoxy) is 1. The summed E-state index contributed by atoms with van der Waals surface area (Å²) >= 11 is 0.